The number of rotatable bonds is 6. The number of aliphatic hydroxyl groups is 2. The highest BCUT2D eigenvalue weighted by Gasteiger charge is 2.34. The van der Waals surface area contributed by atoms with E-state index in [0.717, 1.165) is 0 Å². The van der Waals surface area contributed by atoms with Crippen molar-refractivity contribution in [3.05, 3.63) is 0 Å². The van der Waals surface area contributed by atoms with Gasteiger partial charge in [-0.3, -0.25) is 4.79 Å². The van der Waals surface area contributed by atoms with Crippen molar-refractivity contribution >= 4 is 5.91 Å². The van der Waals surface area contributed by atoms with Gasteiger partial charge in [0.2, 0.25) is 5.91 Å². The first kappa shape index (κ1) is 14.3. The number of carbonyl (C=O) groups excluding carboxylic acids is 1. The largest absolute Gasteiger partial charge is 0.394 e. The van der Waals surface area contributed by atoms with Crippen molar-refractivity contribution in [2.24, 2.45) is 5.73 Å². The summed E-state index contributed by atoms with van der Waals surface area (Å²) in [4.78, 5) is 11.7. The molecule has 1 unspecified atom stereocenters. The van der Waals surface area contributed by atoms with Crippen LogP contribution in [0.3, 0.4) is 0 Å². The van der Waals surface area contributed by atoms with E-state index in [0.29, 0.717) is 12.8 Å². The number of hydrogen-bond donors (Lipinski definition) is 4. The number of nitrogens with two attached hydrogens (primary N) is 1. The van der Waals surface area contributed by atoms with Crippen molar-refractivity contribution in [3.63, 3.8) is 0 Å². The van der Waals surface area contributed by atoms with Gasteiger partial charge in [0, 0.05) is 0 Å². The van der Waals surface area contributed by atoms with E-state index in [2.05, 4.69) is 5.32 Å². The highest BCUT2D eigenvalue weighted by atomic mass is 16.3. The molecule has 0 aliphatic heterocycles. The summed E-state index contributed by atoms with van der Waals surface area (Å²) in [6.45, 7) is 4.62. The van der Waals surface area contributed by atoms with Crippen molar-refractivity contribution < 1.29 is 15.0 Å². The summed E-state index contributed by atoms with van der Waals surface area (Å²) >= 11 is 0. The molecule has 0 radical (unpaired) electrons. The SMILES string of the molecule is CCC(CO)(CO)NC(=O)C(C)(N)CC. The fraction of sp³-hybridized carbons (Fsp3) is 0.900. The maximum absolute atomic E-state index is 11.7. The molecule has 0 aromatic rings. The van der Waals surface area contributed by atoms with Crippen molar-refractivity contribution in [2.45, 2.75) is 44.7 Å². The lowest BCUT2D eigenvalue weighted by molar-refractivity contribution is -0.129. The molecule has 1 amide bonds. The fourth-order valence-electron chi connectivity index (χ4n) is 0.985. The van der Waals surface area contributed by atoms with Gasteiger partial charge in [0.25, 0.3) is 0 Å². The third-order valence-corrected chi connectivity index (χ3v) is 2.91. The average Bonchev–Trinajstić information content (AvgIpc) is 2.25. The highest BCUT2D eigenvalue weighted by Crippen LogP contribution is 2.12. The van der Waals surface area contributed by atoms with E-state index in [1.54, 1.807) is 13.8 Å². The molecule has 90 valence electrons. The molecule has 0 aromatic heterocycles. The lowest BCUT2D eigenvalue weighted by atomic mass is 9.93. The molecule has 0 bridgehead atoms. The summed E-state index contributed by atoms with van der Waals surface area (Å²) < 4.78 is 0. The Balaban J connectivity index is 4.62. The highest BCUT2D eigenvalue weighted by molar-refractivity contribution is 5.86. The van der Waals surface area contributed by atoms with Crippen LogP contribution in [-0.2, 0) is 4.79 Å². The maximum Gasteiger partial charge on any atom is 0.240 e. The minimum absolute atomic E-state index is 0.300. The van der Waals surface area contributed by atoms with Gasteiger partial charge in [-0.15, -0.1) is 0 Å². The Morgan fingerprint density at radius 3 is 2.00 bits per heavy atom. The molecule has 5 N–H and O–H groups in total. The van der Waals surface area contributed by atoms with Crippen LogP contribution in [0.5, 0.6) is 0 Å². The summed E-state index contributed by atoms with van der Waals surface area (Å²) in [6.07, 6.45) is 0.945. The van der Waals surface area contributed by atoms with Crippen molar-refractivity contribution in [2.75, 3.05) is 13.2 Å². The number of amides is 1. The molecule has 1 atom stereocenters. The average molecular weight is 218 g/mol. The van der Waals surface area contributed by atoms with Gasteiger partial charge in [0.05, 0.1) is 24.3 Å². The van der Waals surface area contributed by atoms with Crippen molar-refractivity contribution in [1.82, 2.24) is 5.32 Å². The summed E-state index contributed by atoms with van der Waals surface area (Å²) in [5, 5.41) is 20.9. The zero-order valence-corrected chi connectivity index (χ0v) is 9.71. The zero-order valence-electron chi connectivity index (χ0n) is 9.71. The Hall–Kier alpha value is -0.650. The van der Waals surface area contributed by atoms with E-state index in [1.165, 1.54) is 0 Å². The topological polar surface area (TPSA) is 95.6 Å². The van der Waals surface area contributed by atoms with E-state index in [4.69, 9.17) is 15.9 Å². The van der Waals surface area contributed by atoms with Crippen LogP contribution in [-0.4, -0.2) is 40.4 Å². The molecule has 5 heteroatoms. The minimum Gasteiger partial charge on any atom is -0.394 e. The normalized spacial score (nSPS) is 15.9. The second kappa shape index (κ2) is 5.44. The predicted molar refractivity (Wildman–Crippen MR) is 58.2 cm³/mol. The van der Waals surface area contributed by atoms with E-state index < -0.39 is 11.1 Å². The first-order valence-corrected chi connectivity index (χ1v) is 5.20. The number of nitrogens with one attached hydrogen (secondary N) is 1. The van der Waals surface area contributed by atoms with E-state index in [-0.39, 0.29) is 19.1 Å². The van der Waals surface area contributed by atoms with Gasteiger partial charge in [0.15, 0.2) is 0 Å². The van der Waals surface area contributed by atoms with Gasteiger partial charge in [-0.05, 0) is 19.8 Å². The number of carbonyl (C=O) groups is 1. The van der Waals surface area contributed by atoms with Gasteiger partial charge in [-0.2, -0.15) is 0 Å². The Labute approximate surface area is 90.7 Å². The summed E-state index contributed by atoms with van der Waals surface area (Å²) in [5.41, 5.74) is 3.82. The predicted octanol–water partition coefficient (Wildman–Crippen LogP) is -0.637. The standard InChI is InChI=1S/C10H22N2O3/c1-4-9(3,11)8(15)12-10(5-2,6-13)7-14/h13-14H,4-7,11H2,1-3H3,(H,12,15). The van der Waals surface area contributed by atoms with Crippen LogP contribution >= 0.6 is 0 Å². The molecule has 0 aromatic carbocycles. The van der Waals surface area contributed by atoms with E-state index >= 15 is 0 Å². The van der Waals surface area contributed by atoms with Crippen LogP contribution in [0.4, 0.5) is 0 Å². The minimum atomic E-state index is -0.968. The molecule has 15 heavy (non-hydrogen) atoms. The van der Waals surface area contributed by atoms with Gasteiger partial charge in [-0.1, -0.05) is 13.8 Å². The maximum atomic E-state index is 11.7. The van der Waals surface area contributed by atoms with Crippen LogP contribution in [0.15, 0.2) is 0 Å². The molecule has 0 fully saturated rings. The number of hydrogen-bond acceptors (Lipinski definition) is 4. The van der Waals surface area contributed by atoms with Gasteiger partial charge in [0.1, 0.15) is 0 Å². The molecule has 0 spiro atoms. The Morgan fingerprint density at radius 1 is 1.27 bits per heavy atom. The summed E-state index contributed by atoms with van der Waals surface area (Å²) in [7, 11) is 0. The molecule has 0 rings (SSSR count). The van der Waals surface area contributed by atoms with Crippen LogP contribution in [0.25, 0.3) is 0 Å². The van der Waals surface area contributed by atoms with E-state index in [9.17, 15) is 4.79 Å². The van der Waals surface area contributed by atoms with Crippen LogP contribution in [0.2, 0.25) is 0 Å². The quantitative estimate of drug-likeness (QED) is 0.477. The van der Waals surface area contributed by atoms with Crippen molar-refractivity contribution in [1.29, 1.82) is 0 Å². The van der Waals surface area contributed by atoms with Crippen LogP contribution in [0, 0.1) is 0 Å². The molecular weight excluding hydrogens is 196 g/mol. The van der Waals surface area contributed by atoms with Gasteiger partial charge in [-0.25, -0.2) is 0 Å². The Bertz CT molecular complexity index is 204. The molecule has 0 aliphatic rings. The van der Waals surface area contributed by atoms with Crippen molar-refractivity contribution in [3.8, 4) is 0 Å². The Kier molecular flexibility index (Phi) is 5.20. The monoisotopic (exact) mass is 218 g/mol. The lowest BCUT2D eigenvalue weighted by Gasteiger charge is -2.33. The number of aliphatic hydroxyl groups excluding tert-OH is 2. The Morgan fingerprint density at radius 2 is 1.73 bits per heavy atom. The first-order valence-electron chi connectivity index (χ1n) is 5.20. The first-order chi connectivity index (χ1) is 6.87. The lowest BCUT2D eigenvalue weighted by Crippen LogP contribution is -2.61. The molecule has 0 saturated carbocycles. The third kappa shape index (κ3) is 3.44. The second-order valence-electron chi connectivity index (χ2n) is 4.18. The van der Waals surface area contributed by atoms with E-state index in [1.807, 2.05) is 6.92 Å². The summed E-state index contributed by atoms with van der Waals surface area (Å²) in [5.74, 6) is -0.352. The smallest absolute Gasteiger partial charge is 0.240 e. The molecule has 5 nitrogen and oxygen atoms in total. The summed E-state index contributed by atoms with van der Waals surface area (Å²) in [6, 6.07) is 0. The zero-order chi connectivity index (χ0) is 12.1. The van der Waals surface area contributed by atoms with Gasteiger partial charge >= 0.3 is 0 Å². The molecule has 0 aliphatic carbocycles. The molecular formula is C10H22N2O3. The van der Waals surface area contributed by atoms with Crippen LogP contribution < -0.4 is 11.1 Å². The fourth-order valence-corrected chi connectivity index (χ4v) is 0.985. The molecule has 0 heterocycles. The second-order valence-corrected chi connectivity index (χ2v) is 4.18. The van der Waals surface area contributed by atoms with Crippen LogP contribution in [0.1, 0.15) is 33.6 Å². The third-order valence-electron chi connectivity index (χ3n) is 2.91. The molecule has 0 saturated heterocycles. The van der Waals surface area contributed by atoms with Gasteiger partial charge < -0.3 is 21.3 Å².